The van der Waals surface area contributed by atoms with E-state index in [2.05, 4.69) is 17.2 Å². The number of nitrogens with one attached hydrogen (secondary N) is 1. The van der Waals surface area contributed by atoms with E-state index in [0.717, 1.165) is 12.3 Å². The van der Waals surface area contributed by atoms with Crippen molar-refractivity contribution in [3.63, 3.8) is 0 Å². The lowest BCUT2D eigenvalue weighted by atomic mass is 10.0. The van der Waals surface area contributed by atoms with Crippen molar-refractivity contribution in [2.75, 3.05) is 13.1 Å². The Kier molecular flexibility index (Phi) is 3.32. The van der Waals surface area contributed by atoms with Gasteiger partial charge in [0.25, 0.3) is 0 Å². The van der Waals surface area contributed by atoms with Crippen LogP contribution in [0.5, 0.6) is 0 Å². The largest absolute Gasteiger partial charge is 0.316 e. The normalized spacial score (nSPS) is 23.9. The molecule has 10 heavy (non-hydrogen) atoms. The van der Waals surface area contributed by atoms with Crippen molar-refractivity contribution in [2.24, 2.45) is 5.92 Å². The average molecular weight is 137 g/mol. The Balaban J connectivity index is 2.05. The summed E-state index contributed by atoms with van der Waals surface area (Å²) in [6.45, 7) is 4.34. The summed E-state index contributed by atoms with van der Waals surface area (Å²) < 4.78 is 0. The zero-order valence-electron chi connectivity index (χ0n) is 6.61. The molecule has 1 N–H and O–H groups in total. The van der Waals surface area contributed by atoms with Crippen LogP contribution in [0.1, 0.15) is 26.2 Å². The molecule has 0 saturated carbocycles. The van der Waals surface area contributed by atoms with E-state index >= 15 is 0 Å². The van der Waals surface area contributed by atoms with Crippen LogP contribution in [0.25, 0.3) is 0 Å². The van der Waals surface area contributed by atoms with Gasteiger partial charge in [-0.3, -0.25) is 0 Å². The van der Waals surface area contributed by atoms with Gasteiger partial charge in [0.2, 0.25) is 0 Å². The van der Waals surface area contributed by atoms with E-state index < -0.39 is 0 Å². The van der Waals surface area contributed by atoms with Crippen LogP contribution in [0.3, 0.4) is 0 Å². The maximum absolute atomic E-state index is 3.35. The van der Waals surface area contributed by atoms with Gasteiger partial charge in [0.15, 0.2) is 0 Å². The third-order valence-electron chi connectivity index (χ3n) is 2.02. The van der Waals surface area contributed by atoms with Crippen LogP contribution in [-0.2, 0) is 0 Å². The average Bonchev–Trinajstić information content (AvgIpc) is 2.41. The van der Waals surface area contributed by atoms with Crippen LogP contribution in [0.2, 0.25) is 0 Å². The predicted molar refractivity (Wildman–Crippen MR) is 43.7 cm³/mol. The topological polar surface area (TPSA) is 12.0 Å². The summed E-state index contributed by atoms with van der Waals surface area (Å²) in [6, 6.07) is 0. The van der Waals surface area contributed by atoms with E-state index in [9.17, 15) is 0 Å². The van der Waals surface area contributed by atoms with Crippen molar-refractivity contribution >= 4 is 0 Å². The molecule has 1 fully saturated rings. The van der Waals surface area contributed by atoms with Crippen LogP contribution >= 0.6 is 0 Å². The summed E-state index contributed by atoms with van der Waals surface area (Å²) in [5.74, 6) is 6.92. The maximum atomic E-state index is 3.35. The first-order valence-corrected chi connectivity index (χ1v) is 4.04. The summed E-state index contributed by atoms with van der Waals surface area (Å²) >= 11 is 0. The van der Waals surface area contributed by atoms with Gasteiger partial charge < -0.3 is 5.32 Å². The standard InChI is InChI=1S/C9H15N/c1-2-3-4-5-9-6-7-10-8-9/h9-10H,4-8H2,1H3. The van der Waals surface area contributed by atoms with Gasteiger partial charge in [0, 0.05) is 6.42 Å². The highest BCUT2D eigenvalue weighted by atomic mass is 14.9. The molecular weight excluding hydrogens is 122 g/mol. The third kappa shape index (κ3) is 2.41. The SMILES string of the molecule is CC#CCCC1CCNC1. The fraction of sp³-hybridized carbons (Fsp3) is 0.778. The highest BCUT2D eigenvalue weighted by molar-refractivity contribution is 4.95. The fourth-order valence-electron chi connectivity index (χ4n) is 1.36. The lowest BCUT2D eigenvalue weighted by Gasteiger charge is -2.02. The molecule has 1 rings (SSSR count). The van der Waals surface area contributed by atoms with Crippen LogP contribution < -0.4 is 5.32 Å². The van der Waals surface area contributed by atoms with E-state index in [1.165, 1.54) is 25.9 Å². The Morgan fingerprint density at radius 3 is 3.10 bits per heavy atom. The minimum absolute atomic E-state index is 0.904. The molecule has 0 spiro atoms. The van der Waals surface area contributed by atoms with Gasteiger partial charge in [-0.25, -0.2) is 0 Å². The first-order chi connectivity index (χ1) is 4.93. The molecule has 0 aromatic carbocycles. The first-order valence-electron chi connectivity index (χ1n) is 4.04. The molecule has 0 aliphatic carbocycles. The Bertz CT molecular complexity index is 135. The van der Waals surface area contributed by atoms with Gasteiger partial charge in [-0.2, -0.15) is 0 Å². The van der Waals surface area contributed by atoms with Crippen LogP contribution in [0, 0.1) is 17.8 Å². The van der Waals surface area contributed by atoms with E-state index in [-0.39, 0.29) is 0 Å². The summed E-state index contributed by atoms with van der Waals surface area (Å²) in [4.78, 5) is 0. The summed E-state index contributed by atoms with van der Waals surface area (Å²) in [6.07, 6.45) is 3.72. The van der Waals surface area contributed by atoms with Gasteiger partial charge in [0.05, 0.1) is 0 Å². The van der Waals surface area contributed by atoms with Gasteiger partial charge in [-0.1, -0.05) is 0 Å². The minimum atomic E-state index is 0.904. The molecule has 1 unspecified atom stereocenters. The van der Waals surface area contributed by atoms with Gasteiger partial charge >= 0.3 is 0 Å². The molecule has 1 heteroatoms. The fourth-order valence-corrected chi connectivity index (χ4v) is 1.36. The molecule has 0 aromatic rings. The summed E-state index contributed by atoms with van der Waals surface area (Å²) in [5, 5.41) is 3.35. The van der Waals surface area contributed by atoms with Crippen molar-refractivity contribution in [1.29, 1.82) is 0 Å². The van der Waals surface area contributed by atoms with Gasteiger partial charge in [-0.05, 0) is 38.8 Å². The van der Waals surface area contributed by atoms with E-state index in [1.807, 2.05) is 6.92 Å². The Morgan fingerprint density at radius 1 is 1.60 bits per heavy atom. The molecule has 1 nitrogen and oxygen atoms in total. The minimum Gasteiger partial charge on any atom is -0.316 e. The Morgan fingerprint density at radius 2 is 2.50 bits per heavy atom. The predicted octanol–water partition coefficient (Wildman–Crippen LogP) is 1.40. The molecule has 1 saturated heterocycles. The number of hydrogen-bond acceptors (Lipinski definition) is 1. The molecular formula is C9H15N. The van der Waals surface area contributed by atoms with Crippen LogP contribution in [0.15, 0.2) is 0 Å². The molecule has 0 amide bonds. The van der Waals surface area contributed by atoms with Crippen molar-refractivity contribution in [2.45, 2.75) is 26.2 Å². The lowest BCUT2D eigenvalue weighted by Crippen LogP contribution is -2.08. The molecule has 0 radical (unpaired) electrons. The second kappa shape index (κ2) is 4.35. The zero-order chi connectivity index (χ0) is 7.23. The smallest absolute Gasteiger partial charge is 0.00917 e. The van der Waals surface area contributed by atoms with Gasteiger partial charge in [-0.15, -0.1) is 11.8 Å². The second-order valence-corrected chi connectivity index (χ2v) is 2.82. The third-order valence-corrected chi connectivity index (χ3v) is 2.02. The van der Waals surface area contributed by atoms with Crippen molar-refractivity contribution < 1.29 is 0 Å². The summed E-state index contributed by atoms with van der Waals surface area (Å²) in [5.41, 5.74) is 0. The zero-order valence-corrected chi connectivity index (χ0v) is 6.61. The quantitative estimate of drug-likeness (QED) is 0.567. The van der Waals surface area contributed by atoms with E-state index in [4.69, 9.17) is 0 Å². The Hall–Kier alpha value is -0.480. The lowest BCUT2D eigenvalue weighted by molar-refractivity contribution is 0.542. The van der Waals surface area contributed by atoms with Gasteiger partial charge in [0.1, 0.15) is 0 Å². The second-order valence-electron chi connectivity index (χ2n) is 2.82. The van der Waals surface area contributed by atoms with Crippen LogP contribution in [-0.4, -0.2) is 13.1 Å². The van der Waals surface area contributed by atoms with E-state index in [1.54, 1.807) is 0 Å². The van der Waals surface area contributed by atoms with Crippen molar-refractivity contribution in [3.05, 3.63) is 0 Å². The highest BCUT2D eigenvalue weighted by Crippen LogP contribution is 2.13. The molecule has 1 heterocycles. The first kappa shape index (κ1) is 7.63. The molecule has 1 aliphatic rings. The van der Waals surface area contributed by atoms with E-state index in [0.29, 0.717) is 0 Å². The summed E-state index contributed by atoms with van der Waals surface area (Å²) in [7, 11) is 0. The molecule has 0 bridgehead atoms. The highest BCUT2D eigenvalue weighted by Gasteiger charge is 2.12. The molecule has 1 atom stereocenters. The number of hydrogen-bond donors (Lipinski definition) is 1. The molecule has 56 valence electrons. The van der Waals surface area contributed by atoms with Crippen molar-refractivity contribution in [3.8, 4) is 11.8 Å². The maximum Gasteiger partial charge on any atom is 0.00917 e. The monoisotopic (exact) mass is 137 g/mol. The van der Waals surface area contributed by atoms with Crippen LogP contribution in [0.4, 0.5) is 0 Å². The molecule has 0 aromatic heterocycles. The molecule has 1 aliphatic heterocycles. The van der Waals surface area contributed by atoms with Crippen molar-refractivity contribution in [1.82, 2.24) is 5.32 Å². The Labute approximate surface area is 63.2 Å². The number of rotatable bonds is 2.